The molecule has 38 heavy (non-hydrogen) atoms. The summed E-state index contributed by atoms with van der Waals surface area (Å²) in [6, 6.07) is 16.5. The van der Waals surface area contributed by atoms with Crippen LogP contribution in [0.4, 0.5) is 5.69 Å². The van der Waals surface area contributed by atoms with Crippen LogP contribution in [0.5, 0.6) is 0 Å². The van der Waals surface area contributed by atoms with Crippen molar-refractivity contribution in [3.05, 3.63) is 54.1 Å². The summed E-state index contributed by atoms with van der Waals surface area (Å²) in [5.41, 5.74) is 4.68. The van der Waals surface area contributed by atoms with E-state index in [0.29, 0.717) is 17.9 Å². The topological polar surface area (TPSA) is 74.0 Å². The Balaban J connectivity index is 1.02. The second-order valence-corrected chi connectivity index (χ2v) is 12.9. The Morgan fingerprint density at radius 1 is 0.816 bits per heavy atom. The van der Waals surface area contributed by atoms with Crippen LogP contribution in [0.3, 0.4) is 0 Å². The fourth-order valence-electron chi connectivity index (χ4n) is 8.32. The normalized spacial score (nSPS) is 31.9. The van der Waals surface area contributed by atoms with Crippen molar-refractivity contribution in [1.82, 2.24) is 10.3 Å². The zero-order valence-corrected chi connectivity index (χ0v) is 22.3. The van der Waals surface area contributed by atoms with Crippen molar-refractivity contribution in [2.24, 2.45) is 35.5 Å². The highest BCUT2D eigenvalue weighted by Gasteiger charge is 2.48. The molecule has 5 nitrogen and oxygen atoms in total. The average Bonchev–Trinajstić information content (AvgIpc) is 3.34. The fraction of sp³-hybridized carbons (Fsp3) is 0.515. The predicted octanol–water partition coefficient (Wildman–Crippen LogP) is 7.15. The SMILES string of the molecule is CC1CCC(C(=O)Nc2ccc(-c3cc4cc(C(=O)NC5C6C[C@H]7C[C@@H](C6)C[C@@H]5C7)ccc4[nH]3)cc2)CC1. The van der Waals surface area contributed by atoms with E-state index in [-0.39, 0.29) is 17.7 Å². The van der Waals surface area contributed by atoms with E-state index in [2.05, 4.69) is 28.6 Å². The molecule has 5 aliphatic carbocycles. The highest BCUT2D eigenvalue weighted by molar-refractivity contribution is 5.99. The molecule has 1 aromatic heterocycles. The summed E-state index contributed by atoms with van der Waals surface area (Å²) in [4.78, 5) is 29.4. The van der Waals surface area contributed by atoms with E-state index in [1.807, 2.05) is 42.5 Å². The van der Waals surface area contributed by atoms with Gasteiger partial charge in [-0.3, -0.25) is 9.59 Å². The van der Waals surface area contributed by atoms with E-state index in [1.54, 1.807) is 0 Å². The van der Waals surface area contributed by atoms with Gasteiger partial charge in [-0.15, -0.1) is 0 Å². The Morgan fingerprint density at radius 3 is 2.18 bits per heavy atom. The lowest BCUT2D eigenvalue weighted by atomic mass is 9.54. The van der Waals surface area contributed by atoms with E-state index >= 15 is 0 Å². The summed E-state index contributed by atoms with van der Waals surface area (Å²) in [7, 11) is 0. The zero-order chi connectivity index (χ0) is 25.8. The minimum absolute atomic E-state index is 0.0691. The van der Waals surface area contributed by atoms with Crippen LogP contribution in [0, 0.1) is 35.5 Å². The lowest BCUT2D eigenvalue weighted by Crippen LogP contribution is -2.55. The Hall–Kier alpha value is -3.08. The van der Waals surface area contributed by atoms with Gasteiger partial charge in [0.25, 0.3) is 5.91 Å². The van der Waals surface area contributed by atoms with E-state index in [4.69, 9.17) is 0 Å². The number of anilines is 1. The van der Waals surface area contributed by atoms with Crippen LogP contribution in [-0.4, -0.2) is 22.8 Å². The monoisotopic (exact) mass is 509 g/mol. The first-order valence-electron chi connectivity index (χ1n) is 14.8. The van der Waals surface area contributed by atoms with Crippen molar-refractivity contribution in [2.75, 3.05) is 5.32 Å². The van der Waals surface area contributed by atoms with Crippen LogP contribution in [0.25, 0.3) is 22.2 Å². The molecule has 3 aromatic rings. The molecule has 3 N–H and O–H groups in total. The first-order valence-corrected chi connectivity index (χ1v) is 14.8. The smallest absolute Gasteiger partial charge is 0.251 e. The maximum absolute atomic E-state index is 13.3. The standard InChI is InChI=1S/C33H39N3O2/c1-19-2-4-23(5-3-19)32(37)34-28-9-6-22(7-10-28)30-18-25-17-24(8-11-29(25)35-30)33(38)36-31-26-13-20-12-21(15-26)16-27(31)14-20/h6-11,17-21,23,26-27,31,35H,2-5,12-16H2,1H3,(H,34,37)(H,36,38)/t19?,20-,21+,23?,26-,27?,31?. The number of amides is 2. The Morgan fingerprint density at radius 2 is 1.50 bits per heavy atom. The molecule has 2 amide bonds. The Labute approximate surface area is 225 Å². The molecule has 0 saturated heterocycles. The molecule has 1 heterocycles. The number of nitrogens with one attached hydrogen (secondary N) is 3. The van der Waals surface area contributed by atoms with Crippen molar-refractivity contribution in [2.45, 2.75) is 70.8 Å². The third-order valence-corrected chi connectivity index (χ3v) is 10.3. The molecule has 0 atom stereocenters. The molecule has 0 unspecified atom stereocenters. The largest absolute Gasteiger partial charge is 0.355 e. The third-order valence-electron chi connectivity index (χ3n) is 10.3. The number of aromatic amines is 1. The Kier molecular flexibility index (Phi) is 6.05. The van der Waals surface area contributed by atoms with Crippen molar-refractivity contribution in [3.8, 4) is 11.3 Å². The zero-order valence-electron chi connectivity index (χ0n) is 22.3. The van der Waals surface area contributed by atoms with Gasteiger partial charge < -0.3 is 15.6 Å². The van der Waals surface area contributed by atoms with Gasteiger partial charge in [0.15, 0.2) is 0 Å². The van der Waals surface area contributed by atoms with Gasteiger partial charge in [-0.05, 0) is 129 Å². The summed E-state index contributed by atoms with van der Waals surface area (Å²) >= 11 is 0. The maximum Gasteiger partial charge on any atom is 0.251 e. The summed E-state index contributed by atoms with van der Waals surface area (Å²) in [5.74, 6) is 4.26. The molecule has 0 aliphatic heterocycles. The molecule has 8 rings (SSSR count). The Bertz CT molecular complexity index is 1320. The van der Waals surface area contributed by atoms with Gasteiger partial charge in [0.05, 0.1) is 0 Å². The van der Waals surface area contributed by atoms with Crippen molar-refractivity contribution < 1.29 is 9.59 Å². The number of hydrogen-bond donors (Lipinski definition) is 3. The quantitative estimate of drug-likeness (QED) is 0.342. The molecular weight excluding hydrogens is 470 g/mol. The highest BCUT2D eigenvalue weighted by Crippen LogP contribution is 2.53. The minimum Gasteiger partial charge on any atom is -0.355 e. The van der Waals surface area contributed by atoms with E-state index < -0.39 is 0 Å². The van der Waals surface area contributed by atoms with E-state index in [0.717, 1.165) is 76.8 Å². The maximum atomic E-state index is 13.3. The molecule has 2 aromatic carbocycles. The molecular formula is C33H39N3O2. The van der Waals surface area contributed by atoms with Gasteiger partial charge >= 0.3 is 0 Å². The molecule has 5 saturated carbocycles. The summed E-state index contributed by atoms with van der Waals surface area (Å²) < 4.78 is 0. The summed E-state index contributed by atoms with van der Waals surface area (Å²) in [6.45, 7) is 2.27. The van der Waals surface area contributed by atoms with Crippen LogP contribution < -0.4 is 10.6 Å². The first kappa shape index (κ1) is 24.0. The summed E-state index contributed by atoms with van der Waals surface area (Å²) in [5, 5.41) is 7.60. The number of hydrogen-bond acceptors (Lipinski definition) is 2. The van der Waals surface area contributed by atoms with Crippen LogP contribution in [0.15, 0.2) is 48.5 Å². The molecule has 5 aliphatic rings. The van der Waals surface area contributed by atoms with Gasteiger partial charge in [0, 0.05) is 39.8 Å². The van der Waals surface area contributed by atoms with Gasteiger partial charge in [-0.2, -0.15) is 0 Å². The van der Waals surface area contributed by atoms with Gasteiger partial charge in [-0.25, -0.2) is 0 Å². The highest BCUT2D eigenvalue weighted by atomic mass is 16.2. The molecule has 4 bridgehead atoms. The molecule has 5 heteroatoms. The third kappa shape index (κ3) is 4.54. The van der Waals surface area contributed by atoms with Crippen LogP contribution in [0.1, 0.15) is 75.1 Å². The summed E-state index contributed by atoms with van der Waals surface area (Å²) in [6.07, 6.45) is 10.9. The van der Waals surface area contributed by atoms with Crippen molar-refractivity contribution >= 4 is 28.4 Å². The van der Waals surface area contributed by atoms with E-state index in [1.165, 1.54) is 32.1 Å². The van der Waals surface area contributed by atoms with Gasteiger partial charge in [0.1, 0.15) is 0 Å². The second kappa shape index (κ2) is 9.59. The fourth-order valence-corrected chi connectivity index (χ4v) is 8.32. The molecule has 0 radical (unpaired) electrons. The first-order chi connectivity index (χ1) is 18.5. The number of H-pyrrole nitrogens is 1. The van der Waals surface area contributed by atoms with Crippen LogP contribution in [-0.2, 0) is 4.79 Å². The number of aromatic nitrogens is 1. The van der Waals surface area contributed by atoms with Crippen molar-refractivity contribution in [1.29, 1.82) is 0 Å². The number of rotatable bonds is 5. The number of carbonyl (C=O) groups excluding carboxylic acids is 2. The lowest BCUT2D eigenvalue weighted by Gasteiger charge is -2.54. The van der Waals surface area contributed by atoms with Gasteiger partial charge in [-0.1, -0.05) is 19.1 Å². The number of carbonyl (C=O) groups is 2. The van der Waals surface area contributed by atoms with Crippen LogP contribution >= 0.6 is 0 Å². The van der Waals surface area contributed by atoms with Crippen molar-refractivity contribution in [3.63, 3.8) is 0 Å². The second-order valence-electron chi connectivity index (χ2n) is 12.9. The van der Waals surface area contributed by atoms with Crippen LogP contribution in [0.2, 0.25) is 0 Å². The molecule has 5 fully saturated rings. The minimum atomic E-state index is 0.0691. The average molecular weight is 510 g/mol. The number of fused-ring (bicyclic) bond motifs is 1. The molecule has 198 valence electrons. The van der Waals surface area contributed by atoms with Gasteiger partial charge in [0.2, 0.25) is 5.91 Å². The predicted molar refractivity (Wildman–Crippen MR) is 152 cm³/mol. The lowest BCUT2D eigenvalue weighted by molar-refractivity contribution is -0.121. The van der Waals surface area contributed by atoms with E-state index in [9.17, 15) is 9.59 Å². The number of benzene rings is 2. The molecule has 0 spiro atoms.